The highest BCUT2D eigenvalue weighted by Crippen LogP contribution is 2.30. The van der Waals surface area contributed by atoms with Gasteiger partial charge < -0.3 is 4.74 Å². The summed E-state index contributed by atoms with van der Waals surface area (Å²) in [4.78, 5) is 4.66. The van der Waals surface area contributed by atoms with Gasteiger partial charge in [-0.15, -0.1) is 0 Å². The molecule has 2 aliphatic rings. The highest BCUT2D eigenvalue weighted by atomic mass is 19.4. The van der Waals surface area contributed by atoms with E-state index in [9.17, 15) is 17.6 Å². The molecule has 0 N–H and O–H groups in total. The zero-order valence-corrected chi connectivity index (χ0v) is 22.2. The Kier molecular flexibility index (Phi) is 8.88. The summed E-state index contributed by atoms with van der Waals surface area (Å²) < 4.78 is 58.5. The number of ether oxygens (including phenoxy) is 1. The highest BCUT2D eigenvalue weighted by Gasteiger charge is 2.30. The number of fused-ring (bicyclic) bond motifs is 1. The van der Waals surface area contributed by atoms with E-state index in [0.717, 1.165) is 82.2 Å². The van der Waals surface area contributed by atoms with E-state index in [2.05, 4.69) is 28.0 Å². The molecule has 1 fully saturated rings. The molecule has 0 amide bonds. The van der Waals surface area contributed by atoms with Gasteiger partial charge in [0.2, 0.25) is 0 Å². The minimum absolute atomic E-state index is 0.206. The van der Waals surface area contributed by atoms with Crippen LogP contribution in [0.4, 0.5) is 17.6 Å². The molecule has 0 aromatic heterocycles. The Bertz CT molecular complexity index is 1220. The Morgan fingerprint density at radius 1 is 0.795 bits per heavy atom. The number of rotatable bonds is 8. The third kappa shape index (κ3) is 7.83. The fraction of sp³-hybridized carbons (Fsp3) is 0.438. The molecular weight excluding hydrogens is 504 g/mol. The van der Waals surface area contributed by atoms with Crippen molar-refractivity contribution in [1.29, 1.82) is 0 Å². The molecule has 3 aromatic carbocycles. The lowest BCUT2D eigenvalue weighted by atomic mass is 9.93. The van der Waals surface area contributed by atoms with E-state index in [1.807, 2.05) is 12.1 Å². The molecule has 0 unspecified atom stereocenters. The Morgan fingerprint density at radius 3 is 2.33 bits per heavy atom. The maximum absolute atomic E-state index is 13.3. The van der Waals surface area contributed by atoms with Crippen molar-refractivity contribution in [3.63, 3.8) is 0 Å². The molecule has 0 bridgehead atoms. The van der Waals surface area contributed by atoms with Crippen LogP contribution < -0.4 is 4.74 Å². The van der Waals surface area contributed by atoms with Crippen LogP contribution in [0, 0.1) is 11.7 Å². The molecule has 0 radical (unpaired) electrons. The molecule has 1 saturated heterocycles. The standard InChI is InChI=1S/C32H36F4N2O/c33-30-9-6-25(7-10-30)21-38-15-2-4-27-8-11-31(20-28(27)23-38)39-18-14-24-12-16-37(17-13-24)22-26-3-1-5-29(19-26)32(34,35)36/h1,3,5-11,19-20,24H,2,4,12-18,21-23H2. The van der Waals surface area contributed by atoms with E-state index in [-0.39, 0.29) is 5.82 Å². The first-order chi connectivity index (χ1) is 18.8. The predicted octanol–water partition coefficient (Wildman–Crippen LogP) is 7.47. The molecule has 2 aliphatic heterocycles. The zero-order chi connectivity index (χ0) is 27.2. The molecular formula is C32H36F4N2O. The van der Waals surface area contributed by atoms with Crippen LogP contribution in [0.15, 0.2) is 66.7 Å². The lowest BCUT2D eigenvalue weighted by molar-refractivity contribution is -0.137. The number of nitrogens with zero attached hydrogens (tertiary/aromatic N) is 2. The van der Waals surface area contributed by atoms with Crippen molar-refractivity contribution >= 4 is 0 Å². The van der Waals surface area contributed by atoms with Crippen molar-refractivity contribution in [2.24, 2.45) is 5.92 Å². The Morgan fingerprint density at radius 2 is 1.56 bits per heavy atom. The van der Waals surface area contributed by atoms with Crippen molar-refractivity contribution in [3.8, 4) is 5.75 Å². The summed E-state index contributed by atoms with van der Waals surface area (Å²) in [7, 11) is 0. The maximum Gasteiger partial charge on any atom is 0.416 e. The normalized spacial score (nSPS) is 17.5. The average molecular weight is 541 g/mol. The predicted molar refractivity (Wildman–Crippen MR) is 145 cm³/mol. The first kappa shape index (κ1) is 27.7. The van der Waals surface area contributed by atoms with Gasteiger partial charge in [0.1, 0.15) is 11.6 Å². The van der Waals surface area contributed by atoms with Crippen molar-refractivity contribution in [1.82, 2.24) is 9.80 Å². The Labute approximate surface area is 228 Å². The summed E-state index contributed by atoms with van der Waals surface area (Å²) in [5.41, 5.74) is 3.93. The average Bonchev–Trinajstić information content (AvgIpc) is 3.12. The van der Waals surface area contributed by atoms with Gasteiger partial charge in [0, 0.05) is 19.6 Å². The highest BCUT2D eigenvalue weighted by molar-refractivity contribution is 5.36. The lowest BCUT2D eigenvalue weighted by Gasteiger charge is -2.32. The van der Waals surface area contributed by atoms with Crippen LogP contribution in [0.1, 0.15) is 53.5 Å². The molecule has 0 atom stereocenters. The Hall–Kier alpha value is -2.90. The fourth-order valence-electron chi connectivity index (χ4n) is 5.76. The zero-order valence-electron chi connectivity index (χ0n) is 22.2. The van der Waals surface area contributed by atoms with Crippen molar-refractivity contribution in [2.75, 3.05) is 26.2 Å². The van der Waals surface area contributed by atoms with Crippen LogP contribution in [0.2, 0.25) is 0 Å². The van der Waals surface area contributed by atoms with Gasteiger partial charge >= 0.3 is 6.18 Å². The van der Waals surface area contributed by atoms with E-state index in [4.69, 9.17) is 4.74 Å². The summed E-state index contributed by atoms with van der Waals surface area (Å²) in [6, 6.07) is 18.9. The number of piperidine rings is 1. The second-order valence-corrected chi connectivity index (χ2v) is 10.9. The number of hydrogen-bond donors (Lipinski definition) is 0. The van der Waals surface area contributed by atoms with Crippen LogP contribution in [0.3, 0.4) is 0 Å². The molecule has 7 heteroatoms. The number of alkyl halides is 3. The number of likely N-dealkylation sites (tertiary alicyclic amines) is 1. The van der Waals surface area contributed by atoms with Crippen LogP contribution in [0.25, 0.3) is 0 Å². The second-order valence-electron chi connectivity index (χ2n) is 10.9. The van der Waals surface area contributed by atoms with Gasteiger partial charge in [-0.3, -0.25) is 9.80 Å². The SMILES string of the molecule is Fc1ccc(CN2CCCc3ccc(OCCC4CCN(Cc5cccc(C(F)(F)F)c5)CC4)cc3C2)cc1. The second kappa shape index (κ2) is 12.5. The topological polar surface area (TPSA) is 15.7 Å². The molecule has 39 heavy (non-hydrogen) atoms. The summed E-state index contributed by atoms with van der Waals surface area (Å²) in [6.07, 6.45) is 0.889. The third-order valence-corrected chi connectivity index (χ3v) is 7.97. The fourth-order valence-corrected chi connectivity index (χ4v) is 5.76. The summed E-state index contributed by atoms with van der Waals surface area (Å²) in [5.74, 6) is 1.26. The van der Waals surface area contributed by atoms with Gasteiger partial charge in [-0.05, 0) is 110 Å². The molecule has 0 saturated carbocycles. The van der Waals surface area contributed by atoms with Crippen LogP contribution in [-0.4, -0.2) is 36.0 Å². The van der Waals surface area contributed by atoms with Crippen LogP contribution in [0.5, 0.6) is 5.75 Å². The molecule has 3 aromatic rings. The van der Waals surface area contributed by atoms with E-state index in [1.165, 1.54) is 35.4 Å². The quantitative estimate of drug-likeness (QED) is 0.276. The first-order valence-corrected chi connectivity index (χ1v) is 13.9. The summed E-state index contributed by atoms with van der Waals surface area (Å²) in [6.45, 7) is 5.67. The molecule has 0 spiro atoms. The van der Waals surface area contributed by atoms with E-state index in [0.29, 0.717) is 24.6 Å². The summed E-state index contributed by atoms with van der Waals surface area (Å²) in [5, 5.41) is 0. The molecule has 5 rings (SSSR count). The van der Waals surface area contributed by atoms with Gasteiger partial charge in [-0.1, -0.05) is 36.4 Å². The van der Waals surface area contributed by atoms with Crippen LogP contribution >= 0.6 is 0 Å². The van der Waals surface area contributed by atoms with Crippen LogP contribution in [-0.2, 0) is 32.2 Å². The van der Waals surface area contributed by atoms with Crippen molar-refractivity contribution in [2.45, 2.75) is 57.9 Å². The lowest BCUT2D eigenvalue weighted by Crippen LogP contribution is -2.33. The minimum Gasteiger partial charge on any atom is -0.494 e. The van der Waals surface area contributed by atoms with Gasteiger partial charge in [0.05, 0.1) is 12.2 Å². The number of hydrogen-bond acceptors (Lipinski definition) is 3. The molecule has 2 heterocycles. The minimum atomic E-state index is -4.30. The molecule has 208 valence electrons. The first-order valence-electron chi connectivity index (χ1n) is 13.9. The molecule has 0 aliphatic carbocycles. The number of benzene rings is 3. The monoisotopic (exact) mass is 540 g/mol. The largest absolute Gasteiger partial charge is 0.494 e. The smallest absolute Gasteiger partial charge is 0.416 e. The van der Waals surface area contributed by atoms with E-state index in [1.54, 1.807) is 6.07 Å². The van der Waals surface area contributed by atoms with Gasteiger partial charge in [0.15, 0.2) is 0 Å². The van der Waals surface area contributed by atoms with Gasteiger partial charge in [-0.2, -0.15) is 13.2 Å². The van der Waals surface area contributed by atoms with E-state index < -0.39 is 11.7 Å². The van der Waals surface area contributed by atoms with Crippen molar-refractivity contribution < 1.29 is 22.3 Å². The maximum atomic E-state index is 13.3. The van der Waals surface area contributed by atoms with Gasteiger partial charge in [0.25, 0.3) is 0 Å². The molecule has 3 nitrogen and oxygen atoms in total. The number of aryl methyl sites for hydroxylation is 1. The van der Waals surface area contributed by atoms with E-state index >= 15 is 0 Å². The number of halogens is 4. The third-order valence-electron chi connectivity index (χ3n) is 7.97. The van der Waals surface area contributed by atoms with Crippen molar-refractivity contribution in [3.05, 3.63) is 100 Å². The van der Waals surface area contributed by atoms with Gasteiger partial charge in [-0.25, -0.2) is 4.39 Å². The summed E-state index contributed by atoms with van der Waals surface area (Å²) >= 11 is 0. The Balaban J connectivity index is 1.07.